The predicted molar refractivity (Wildman–Crippen MR) is 100 cm³/mol. The second kappa shape index (κ2) is 8.43. The van der Waals surface area contributed by atoms with Gasteiger partial charge in [-0.05, 0) is 29.6 Å². The maximum atomic E-state index is 12.2. The third-order valence-corrected chi connectivity index (χ3v) is 6.35. The Hall–Kier alpha value is -2.23. The summed E-state index contributed by atoms with van der Waals surface area (Å²) in [5.41, 5.74) is 0.182. The monoisotopic (exact) mass is 395 g/mol. The van der Waals surface area contributed by atoms with Crippen LogP contribution in [0.15, 0.2) is 46.7 Å². The molecule has 1 aromatic heterocycles. The Balaban J connectivity index is 1.98. The topological polar surface area (TPSA) is 86.8 Å². The minimum atomic E-state index is -3.63. The van der Waals surface area contributed by atoms with Crippen LogP contribution in [0.4, 0.5) is 0 Å². The van der Waals surface area contributed by atoms with Crippen molar-refractivity contribution in [1.82, 2.24) is 14.5 Å². The van der Waals surface area contributed by atoms with E-state index in [-0.39, 0.29) is 22.9 Å². The molecule has 140 valence electrons. The molecule has 2 rings (SSSR count). The molecule has 0 bridgehead atoms. The van der Waals surface area contributed by atoms with Crippen molar-refractivity contribution < 1.29 is 18.0 Å². The second-order valence-corrected chi connectivity index (χ2v) is 9.01. The first-order valence-electron chi connectivity index (χ1n) is 7.79. The number of sulfonamides is 1. The second-order valence-electron chi connectivity index (χ2n) is 5.83. The fraction of sp³-hybridized carbons (Fsp3) is 0.294. The van der Waals surface area contributed by atoms with E-state index < -0.39 is 15.9 Å². The van der Waals surface area contributed by atoms with E-state index in [1.54, 1.807) is 18.4 Å². The number of carbonyl (C=O) groups excluding carboxylic acids is 2. The van der Waals surface area contributed by atoms with Crippen molar-refractivity contribution in [2.75, 3.05) is 27.7 Å². The number of nitrogens with zero attached hydrogens (tertiary/aromatic N) is 2. The zero-order valence-electron chi connectivity index (χ0n) is 14.8. The molecular formula is C17H21N3O4S2. The molecule has 0 aliphatic carbocycles. The number of hydrogen-bond acceptors (Lipinski definition) is 5. The van der Waals surface area contributed by atoms with Gasteiger partial charge in [0.1, 0.15) is 0 Å². The minimum Gasteiger partial charge on any atom is -0.343 e. The van der Waals surface area contributed by atoms with Gasteiger partial charge in [0, 0.05) is 31.6 Å². The Morgan fingerprint density at radius 3 is 2.46 bits per heavy atom. The Morgan fingerprint density at radius 2 is 1.85 bits per heavy atom. The zero-order chi connectivity index (χ0) is 19.3. The predicted octanol–water partition coefficient (Wildman–Crippen LogP) is 1.39. The molecule has 9 heteroatoms. The van der Waals surface area contributed by atoms with E-state index in [0.29, 0.717) is 6.54 Å². The number of nitrogens with one attached hydrogen (secondary N) is 1. The van der Waals surface area contributed by atoms with Crippen LogP contribution in [0, 0.1) is 0 Å². The molecule has 0 aliphatic rings. The molecule has 0 fully saturated rings. The molecule has 1 heterocycles. The highest BCUT2D eigenvalue weighted by Crippen LogP contribution is 2.15. The highest BCUT2D eigenvalue weighted by molar-refractivity contribution is 7.89. The van der Waals surface area contributed by atoms with Gasteiger partial charge in [0.05, 0.1) is 18.0 Å². The molecule has 0 unspecified atom stereocenters. The van der Waals surface area contributed by atoms with Crippen LogP contribution >= 0.6 is 11.3 Å². The van der Waals surface area contributed by atoms with Gasteiger partial charge < -0.3 is 10.2 Å². The summed E-state index contributed by atoms with van der Waals surface area (Å²) in [5, 5.41) is 4.47. The molecule has 2 aromatic rings. The first kappa shape index (κ1) is 20.1. The maximum absolute atomic E-state index is 12.2. The van der Waals surface area contributed by atoms with Crippen LogP contribution in [-0.4, -0.2) is 57.1 Å². The Kier molecular flexibility index (Phi) is 6.52. The van der Waals surface area contributed by atoms with Crippen LogP contribution in [0.3, 0.4) is 0 Å². The number of hydrogen-bond donors (Lipinski definition) is 1. The Morgan fingerprint density at radius 1 is 1.12 bits per heavy atom. The number of carbonyl (C=O) groups is 2. The summed E-state index contributed by atoms with van der Waals surface area (Å²) in [6.45, 7) is 0.314. The van der Waals surface area contributed by atoms with E-state index >= 15 is 0 Å². The summed E-state index contributed by atoms with van der Waals surface area (Å²) >= 11 is 1.55. The summed E-state index contributed by atoms with van der Waals surface area (Å²) in [5.74, 6) is -0.734. The van der Waals surface area contributed by atoms with E-state index in [1.807, 2.05) is 17.5 Å². The van der Waals surface area contributed by atoms with E-state index in [9.17, 15) is 18.0 Å². The molecule has 2 amide bonds. The summed E-state index contributed by atoms with van der Waals surface area (Å²) in [4.78, 5) is 27.0. The van der Waals surface area contributed by atoms with Crippen LogP contribution in [0.2, 0.25) is 0 Å². The first-order chi connectivity index (χ1) is 12.2. The molecule has 0 aliphatic heterocycles. The molecular weight excluding hydrogens is 374 g/mol. The van der Waals surface area contributed by atoms with Crippen molar-refractivity contribution in [3.63, 3.8) is 0 Å². The summed E-state index contributed by atoms with van der Waals surface area (Å²) in [6, 6.07) is 9.56. The van der Waals surface area contributed by atoms with Gasteiger partial charge in [-0.1, -0.05) is 12.1 Å². The largest absolute Gasteiger partial charge is 0.343 e. The van der Waals surface area contributed by atoms with Crippen molar-refractivity contribution in [2.24, 2.45) is 0 Å². The van der Waals surface area contributed by atoms with Crippen molar-refractivity contribution in [3.8, 4) is 0 Å². The molecule has 7 nitrogen and oxygen atoms in total. The normalized spacial score (nSPS) is 11.4. The van der Waals surface area contributed by atoms with Gasteiger partial charge in [0.15, 0.2) is 0 Å². The summed E-state index contributed by atoms with van der Waals surface area (Å²) in [7, 11) is 0.879. The number of thiophene rings is 1. The SMILES string of the molecule is CN(Cc1cccs1)C(=O)CNC(=O)c1cccc(S(=O)(=O)N(C)C)c1. The highest BCUT2D eigenvalue weighted by Gasteiger charge is 2.19. The Labute approximate surface area is 157 Å². The smallest absolute Gasteiger partial charge is 0.251 e. The van der Waals surface area contributed by atoms with Gasteiger partial charge in [0.25, 0.3) is 5.91 Å². The van der Waals surface area contributed by atoms with Gasteiger partial charge in [-0.25, -0.2) is 12.7 Å². The number of benzene rings is 1. The van der Waals surface area contributed by atoms with Gasteiger partial charge in [-0.15, -0.1) is 11.3 Å². The van der Waals surface area contributed by atoms with Crippen molar-refractivity contribution in [3.05, 3.63) is 52.2 Å². The lowest BCUT2D eigenvalue weighted by molar-refractivity contribution is -0.129. The van der Waals surface area contributed by atoms with Crippen LogP contribution < -0.4 is 5.32 Å². The number of likely N-dealkylation sites (N-methyl/N-ethyl adjacent to an activating group) is 1. The quantitative estimate of drug-likeness (QED) is 0.767. The van der Waals surface area contributed by atoms with Gasteiger partial charge >= 0.3 is 0 Å². The van der Waals surface area contributed by atoms with E-state index in [1.165, 1.54) is 43.3 Å². The van der Waals surface area contributed by atoms with Crippen LogP contribution in [-0.2, 0) is 21.4 Å². The summed E-state index contributed by atoms with van der Waals surface area (Å²) < 4.78 is 25.4. The van der Waals surface area contributed by atoms with Gasteiger partial charge in [-0.3, -0.25) is 9.59 Å². The zero-order valence-corrected chi connectivity index (χ0v) is 16.4. The first-order valence-corrected chi connectivity index (χ1v) is 10.1. The third-order valence-electron chi connectivity index (χ3n) is 3.67. The maximum Gasteiger partial charge on any atom is 0.251 e. The average molecular weight is 396 g/mol. The van der Waals surface area contributed by atoms with Crippen molar-refractivity contribution in [2.45, 2.75) is 11.4 Å². The summed E-state index contributed by atoms with van der Waals surface area (Å²) in [6.07, 6.45) is 0. The van der Waals surface area contributed by atoms with Crippen LogP contribution in [0.1, 0.15) is 15.2 Å². The molecule has 0 spiro atoms. The fourth-order valence-electron chi connectivity index (χ4n) is 2.13. The Bertz CT molecular complexity index is 877. The number of amides is 2. The van der Waals surface area contributed by atoms with Crippen LogP contribution in [0.25, 0.3) is 0 Å². The molecule has 1 aromatic carbocycles. The molecule has 26 heavy (non-hydrogen) atoms. The molecule has 1 N–H and O–H groups in total. The van der Waals surface area contributed by atoms with Crippen molar-refractivity contribution >= 4 is 33.2 Å². The van der Waals surface area contributed by atoms with Crippen LogP contribution in [0.5, 0.6) is 0 Å². The lowest BCUT2D eigenvalue weighted by Crippen LogP contribution is -2.37. The van der Waals surface area contributed by atoms with E-state index in [0.717, 1.165) is 9.18 Å². The molecule has 0 atom stereocenters. The lowest BCUT2D eigenvalue weighted by Gasteiger charge is -2.17. The van der Waals surface area contributed by atoms with Gasteiger partial charge in [0.2, 0.25) is 15.9 Å². The molecule has 0 radical (unpaired) electrons. The average Bonchev–Trinajstić information content (AvgIpc) is 3.12. The highest BCUT2D eigenvalue weighted by atomic mass is 32.2. The number of rotatable bonds is 7. The molecule has 0 saturated carbocycles. The van der Waals surface area contributed by atoms with E-state index in [4.69, 9.17) is 0 Å². The van der Waals surface area contributed by atoms with Gasteiger partial charge in [-0.2, -0.15) is 0 Å². The van der Waals surface area contributed by atoms with Crippen molar-refractivity contribution in [1.29, 1.82) is 0 Å². The minimum absolute atomic E-state index is 0.0243. The van der Waals surface area contributed by atoms with E-state index in [2.05, 4.69) is 5.32 Å². The third kappa shape index (κ3) is 4.90. The molecule has 0 saturated heterocycles. The fourth-order valence-corrected chi connectivity index (χ4v) is 3.83. The standard InChI is InChI=1S/C17H21N3O4S2/c1-19(2)26(23,24)15-8-4-6-13(10-15)17(22)18-11-16(21)20(3)12-14-7-5-9-25-14/h4-10H,11-12H2,1-3H3,(H,18,22). The lowest BCUT2D eigenvalue weighted by atomic mass is 10.2.